The van der Waals surface area contributed by atoms with Crippen LogP contribution >= 0.6 is 11.6 Å². The van der Waals surface area contributed by atoms with Crippen molar-refractivity contribution in [2.45, 2.75) is 11.8 Å². The molecule has 3 rings (SSSR count). The van der Waals surface area contributed by atoms with Crippen molar-refractivity contribution in [1.82, 2.24) is 10.2 Å². The highest BCUT2D eigenvalue weighted by Gasteiger charge is 2.67. The smallest absolute Gasteiger partial charge is 0.312 e. The third-order valence-corrected chi connectivity index (χ3v) is 4.58. The molecule has 2 amide bonds. The Hall–Kier alpha value is -3.13. The molecule has 1 aliphatic heterocycles. The van der Waals surface area contributed by atoms with Crippen LogP contribution in [-0.2, 0) is 4.79 Å². The topological polar surface area (TPSA) is 61.8 Å². The predicted octanol–water partition coefficient (Wildman–Crippen LogP) is 3.80. The van der Waals surface area contributed by atoms with Gasteiger partial charge in [-0.3, -0.25) is 14.5 Å². The molecule has 0 saturated carbocycles. The van der Waals surface area contributed by atoms with Gasteiger partial charge in [0.05, 0.1) is 10.6 Å². The summed E-state index contributed by atoms with van der Waals surface area (Å²) in [5, 5.41) is 1.71. The molecule has 2 aromatic carbocycles. The molecule has 0 aliphatic carbocycles. The maximum Gasteiger partial charge on any atom is 0.442 e. The molecule has 0 fully saturated rings. The number of amidine groups is 1. The van der Waals surface area contributed by atoms with E-state index in [1.54, 1.807) is 23.5 Å². The number of nitrogens with zero attached hydrogens (tertiary/aromatic N) is 2. The van der Waals surface area contributed by atoms with Crippen LogP contribution in [0.4, 0.5) is 13.2 Å². The molecule has 0 aromatic heterocycles. The Morgan fingerprint density at radius 3 is 2.38 bits per heavy atom. The lowest BCUT2D eigenvalue weighted by Crippen LogP contribution is -2.63. The number of carbonyl (C=O) groups excluding carboxylic acids is 2. The van der Waals surface area contributed by atoms with Gasteiger partial charge in [-0.1, -0.05) is 60.1 Å². The minimum atomic E-state index is -5.20. The van der Waals surface area contributed by atoms with Crippen LogP contribution in [0.5, 0.6) is 0 Å². The Morgan fingerprint density at radius 2 is 1.79 bits per heavy atom. The molecule has 29 heavy (non-hydrogen) atoms. The highest BCUT2D eigenvalue weighted by Crippen LogP contribution is 2.38. The number of rotatable bonds is 5. The normalized spacial score (nSPS) is 19.1. The van der Waals surface area contributed by atoms with Crippen molar-refractivity contribution in [3.63, 3.8) is 0 Å². The molecular weight excluding hydrogens is 407 g/mol. The molecule has 2 aromatic rings. The molecule has 0 spiro atoms. The zero-order chi connectivity index (χ0) is 21.2. The van der Waals surface area contributed by atoms with Gasteiger partial charge in [-0.25, -0.2) is 4.99 Å². The van der Waals surface area contributed by atoms with E-state index < -0.39 is 23.7 Å². The van der Waals surface area contributed by atoms with Gasteiger partial charge in [0.1, 0.15) is 5.84 Å². The zero-order valence-corrected chi connectivity index (χ0v) is 15.7. The van der Waals surface area contributed by atoms with E-state index in [1.165, 1.54) is 42.5 Å². The first-order chi connectivity index (χ1) is 13.7. The average Bonchev–Trinajstić information content (AvgIpc) is 2.96. The number of carbonyl (C=O) groups is 2. The largest absolute Gasteiger partial charge is 0.442 e. The molecule has 150 valence electrons. The van der Waals surface area contributed by atoms with Gasteiger partial charge in [0, 0.05) is 12.1 Å². The number of aliphatic imine (C=N–C) groups is 1. The monoisotopic (exact) mass is 421 g/mol. The fraction of sp³-hybridized carbons (Fsp3) is 0.150. The SMILES string of the molecule is C=CCN1C(=O)[C@@](NC(=O)c2ccccc2Cl)(C(F)(F)F)N=C1c1ccccc1. The highest BCUT2D eigenvalue weighted by molar-refractivity contribution is 6.34. The fourth-order valence-electron chi connectivity index (χ4n) is 2.88. The van der Waals surface area contributed by atoms with Crippen molar-refractivity contribution < 1.29 is 22.8 Å². The number of hydrogen-bond acceptors (Lipinski definition) is 3. The molecule has 1 atom stereocenters. The fourth-order valence-corrected chi connectivity index (χ4v) is 3.10. The van der Waals surface area contributed by atoms with Gasteiger partial charge in [-0.05, 0) is 12.1 Å². The summed E-state index contributed by atoms with van der Waals surface area (Å²) >= 11 is 5.92. The second-order valence-electron chi connectivity index (χ2n) is 6.15. The van der Waals surface area contributed by atoms with Crippen molar-refractivity contribution in [3.8, 4) is 0 Å². The van der Waals surface area contributed by atoms with Gasteiger partial charge in [-0.2, -0.15) is 13.2 Å². The summed E-state index contributed by atoms with van der Waals surface area (Å²) in [5.74, 6) is -2.81. The van der Waals surface area contributed by atoms with Crippen LogP contribution in [0.2, 0.25) is 5.02 Å². The first-order valence-corrected chi connectivity index (χ1v) is 8.81. The standard InChI is InChI=1S/C20H15ClF3N3O2/c1-2-12-27-16(13-8-4-3-5-9-13)25-19(18(27)29,20(22,23)24)26-17(28)14-10-6-7-11-15(14)21/h2-11H,1,12H2,(H,26,28)/t19-/m1/s1. The van der Waals surface area contributed by atoms with Crippen molar-refractivity contribution in [2.24, 2.45) is 4.99 Å². The van der Waals surface area contributed by atoms with Crippen molar-refractivity contribution in [1.29, 1.82) is 0 Å². The van der Waals surface area contributed by atoms with Crippen molar-refractivity contribution >= 4 is 29.3 Å². The number of alkyl halides is 3. The Bertz CT molecular complexity index is 992. The van der Waals surface area contributed by atoms with E-state index in [9.17, 15) is 22.8 Å². The highest BCUT2D eigenvalue weighted by atomic mass is 35.5. The predicted molar refractivity (Wildman–Crippen MR) is 103 cm³/mol. The van der Waals surface area contributed by atoms with Gasteiger partial charge in [-0.15, -0.1) is 6.58 Å². The number of nitrogens with one attached hydrogen (secondary N) is 1. The maximum absolute atomic E-state index is 14.1. The van der Waals surface area contributed by atoms with Crippen LogP contribution in [0.1, 0.15) is 15.9 Å². The lowest BCUT2D eigenvalue weighted by atomic mass is 10.1. The molecule has 9 heteroatoms. The summed E-state index contributed by atoms with van der Waals surface area (Å²) < 4.78 is 42.4. The molecule has 1 aliphatic rings. The lowest BCUT2D eigenvalue weighted by molar-refractivity contribution is -0.196. The van der Waals surface area contributed by atoms with Crippen LogP contribution in [0.15, 0.2) is 72.2 Å². The molecule has 5 nitrogen and oxygen atoms in total. The lowest BCUT2D eigenvalue weighted by Gasteiger charge is -2.29. The first-order valence-electron chi connectivity index (χ1n) is 8.43. The minimum absolute atomic E-state index is 0.0528. The summed E-state index contributed by atoms with van der Waals surface area (Å²) in [6.45, 7) is 3.27. The van der Waals surface area contributed by atoms with E-state index in [0.29, 0.717) is 5.56 Å². The minimum Gasteiger partial charge on any atom is -0.312 e. The van der Waals surface area contributed by atoms with E-state index in [2.05, 4.69) is 11.6 Å². The third-order valence-electron chi connectivity index (χ3n) is 4.25. The quantitative estimate of drug-likeness (QED) is 0.746. The molecule has 0 bridgehead atoms. The average molecular weight is 422 g/mol. The molecular formula is C20H15ClF3N3O2. The number of benzene rings is 2. The number of amides is 2. The van der Waals surface area contributed by atoms with Gasteiger partial charge in [0.2, 0.25) is 0 Å². The van der Waals surface area contributed by atoms with E-state index >= 15 is 0 Å². The molecule has 0 unspecified atom stereocenters. The van der Waals surface area contributed by atoms with Crippen LogP contribution < -0.4 is 5.32 Å². The first kappa shape index (κ1) is 20.6. The number of halogens is 4. The van der Waals surface area contributed by atoms with Crippen molar-refractivity contribution in [2.75, 3.05) is 6.54 Å². The summed E-state index contributed by atoms with van der Waals surface area (Å²) in [4.78, 5) is 30.0. The van der Waals surface area contributed by atoms with Gasteiger partial charge >= 0.3 is 11.8 Å². The van der Waals surface area contributed by atoms with Crippen LogP contribution in [0.25, 0.3) is 0 Å². The Morgan fingerprint density at radius 1 is 1.17 bits per heavy atom. The second-order valence-corrected chi connectivity index (χ2v) is 6.56. The molecule has 1 N–H and O–H groups in total. The Balaban J connectivity index is 2.13. The van der Waals surface area contributed by atoms with E-state index in [4.69, 9.17) is 11.6 Å². The van der Waals surface area contributed by atoms with Crippen molar-refractivity contribution in [3.05, 3.63) is 83.4 Å². The summed E-state index contributed by atoms with van der Waals surface area (Å²) in [5.41, 5.74) is -3.39. The molecule has 0 radical (unpaired) electrons. The Labute approximate surface area is 169 Å². The van der Waals surface area contributed by atoms with Crippen LogP contribution in [0.3, 0.4) is 0 Å². The van der Waals surface area contributed by atoms with Gasteiger partial charge < -0.3 is 5.32 Å². The van der Waals surface area contributed by atoms with E-state index in [1.807, 2.05) is 0 Å². The summed E-state index contributed by atoms with van der Waals surface area (Å²) in [6.07, 6.45) is -3.92. The van der Waals surface area contributed by atoms with Gasteiger partial charge in [0.15, 0.2) is 0 Å². The maximum atomic E-state index is 14.1. The number of hydrogen-bond donors (Lipinski definition) is 1. The second kappa shape index (κ2) is 7.71. The van der Waals surface area contributed by atoms with Crippen LogP contribution in [-0.4, -0.2) is 40.9 Å². The molecule has 1 heterocycles. The summed E-state index contributed by atoms with van der Waals surface area (Å²) in [7, 11) is 0. The molecule has 0 saturated heterocycles. The van der Waals surface area contributed by atoms with Gasteiger partial charge in [0.25, 0.3) is 11.8 Å². The summed E-state index contributed by atoms with van der Waals surface area (Å²) in [6, 6.07) is 13.5. The Kier molecular flexibility index (Phi) is 5.48. The van der Waals surface area contributed by atoms with E-state index in [0.717, 1.165) is 4.90 Å². The zero-order valence-electron chi connectivity index (χ0n) is 14.9. The van der Waals surface area contributed by atoms with E-state index in [-0.39, 0.29) is 23.0 Å². The third kappa shape index (κ3) is 3.63. The van der Waals surface area contributed by atoms with Crippen LogP contribution in [0, 0.1) is 0 Å².